The third kappa shape index (κ3) is 5.44. The summed E-state index contributed by atoms with van der Waals surface area (Å²) in [5.41, 5.74) is 3.48. The number of para-hydroxylation sites is 2. The van der Waals surface area contributed by atoms with Gasteiger partial charge in [-0.15, -0.1) is 0 Å². The van der Waals surface area contributed by atoms with Gasteiger partial charge in [0.1, 0.15) is 11.5 Å². The molecule has 4 aliphatic carbocycles. The average molecular weight is 662 g/mol. The van der Waals surface area contributed by atoms with Gasteiger partial charge < -0.3 is 4.74 Å². The zero-order chi connectivity index (χ0) is 32.6. The smallest absolute Gasteiger partial charge is 0.139 e. The van der Waals surface area contributed by atoms with Crippen LogP contribution < -0.4 is 25.4 Å². The molecule has 0 spiro atoms. The maximum absolute atomic E-state index is 14.1. The van der Waals surface area contributed by atoms with Gasteiger partial charge >= 0.3 is 0 Å². The van der Waals surface area contributed by atoms with Crippen LogP contribution in [0.1, 0.15) is 95.9 Å². The summed E-state index contributed by atoms with van der Waals surface area (Å²) in [7, 11) is -2.07. The van der Waals surface area contributed by atoms with Gasteiger partial charge in [0.25, 0.3) is 0 Å². The fourth-order valence-electron chi connectivity index (χ4n) is 9.85. The number of hydrogen-bond donors (Lipinski definition) is 1. The van der Waals surface area contributed by atoms with Gasteiger partial charge in [-0.25, -0.2) is 8.93 Å². The molecule has 1 heterocycles. The van der Waals surface area contributed by atoms with E-state index in [0.29, 0.717) is 0 Å². The Morgan fingerprint density at radius 3 is 1.77 bits per heavy atom. The van der Waals surface area contributed by atoms with Gasteiger partial charge in [0.15, 0.2) is 0 Å². The third-order valence-corrected chi connectivity index (χ3v) is 15.7. The summed E-state index contributed by atoms with van der Waals surface area (Å²) in [6.07, 6.45) is 7.80. The number of fused-ring (bicyclic) bond motifs is 2. The Labute approximate surface area is 285 Å². The molecule has 1 N–H and O–H groups in total. The molecular weight excluding hydrogens is 614 g/mol. The van der Waals surface area contributed by atoms with E-state index in [1.54, 1.807) is 0 Å². The first-order valence-corrected chi connectivity index (χ1v) is 20.1. The lowest BCUT2D eigenvalue weighted by Crippen LogP contribution is -2.53. The molecular formula is C42H48NO2PS. The molecule has 0 radical (unpaired) electrons. The van der Waals surface area contributed by atoms with Crippen LogP contribution >= 0.6 is 7.92 Å². The van der Waals surface area contributed by atoms with Crippen molar-refractivity contribution in [1.29, 1.82) is 0 Å². The molecule has 2 atom stereocenters. The second kappa shape index (κ2) is 11.7. The lowest BCUT2D eigenvalue weighted by atomic mass is 9.47. The van der Waals surface area contributed by atoms with Gasteiger partial charge in [0.2, 0.25) is 0 Å². The van der Waals surface area contributed by atoms with E-state index in [0.717, 1.165) is 29.3 Å². The summed E-state index contributed by atoms with van der Waals surface area (Å²) in [5, 5.41) is 3.88. The number of rotatable bonds is 7. The molecule has 5 aliphatic rings. The minimum absolute atomic E-state index is 0.0276. The molecule has 4 fully saturated rings. The van der Waals surface area contributed by atoms with Gasteiger partial charge in [-0.1, -0.05) is 111 Å². The molecule has 244 valence electrons. The fraction of sp³-hybridized carbons (Fsp3) is 0.429. The highest BCUT2D eigenvalue weighted by molar-refractivity contribution is 7.84. The van der Waals surface area contributed by atoms with Crippen molar-refractivity contribution < 1.29 is 8.95 Å². The Hall–Kier alpha value is -2.78. The Morgan fingerprint density at radius 1 is 0.723 bits per heavy atom. The summed E-state index contributed by atoms with van der Waals surface area (Å²) >= 11 is 0. The number of nitrogens with one attached hydrogen (secondary N) is 1. The second-order valence-corrected chi connectivity index (χ2v) is 20.5. The molecule has 1 aliphatic heterocycles. The lowest BCUT2D eigenvalue weighted by Gasteiger charge is -2.59. The van der Waals surface area contributed by atoms with Gasteiger partial charge in [-0.3, -0.25) is 0 Å². The molecule has 0 saturated heterocycles. The highest BCUT2D eigenvalue weighted by Gasteiger charge is 2.56. The summed E-state index contributed by atoms with van der Waals surface area (Å²) in [6.45, 7) is 11.0. The normalized spacial score (nSPS) is 26.7. The van der Waals surface area contributed by atoms with Crippen LogP contribution in [0.15, 0.2) is 97.1 Å². The SMILES string of the molecule is CC1(C)c2cccc(C(NS(=O)C(C)(C)C)C34CC5CC(CC(C5)C3)C4)c2Oc2c(P(c3ccccc3)c3ccccc3)cccc21. The minimum Gasteiger partial charge on any atom is -0.456 e. The maximum atomic E-state index is 14.1. The van der Waals surface area contributed by atoms with Crippen LogP contribution in [0.4, 0.5) is 0 Å². The van der Waals surface area contributed by atoms with Crippen LogP contribution in [0, 0.1) is 23.2 Å². The molecule has 0 amide bonds. The molecule has 5 heteroatoms. The second-order valence-electron chi connectivity index (χ2n) is 16.3. The zero-order valence-corrected chi connectivity index (χ0v) is 30.2. The van der Waals surface area contributed by atoms with E-state index in [1.165, 1.54) is 71.1 Å². The molecule has 2 unspecified atom stereocenters. The van der Waals surface area contributed by atoms with E-state index in [-0.39, 0.29) is 21.6 Å². The molecule has 4 aromatic rings. The van der Waals surface area contributed by atoms with Crippen molar-refractivity contribution in [1.82, 2.24) is 4.72 Å². The predicted molar refractivity (Wildman–Crippen MR) is 198 cm³/mol. The van der Waals surface area contributed by atoms with E-state index in [2.05, 4.69) is 136 Å². The van der Waals surface area contributed by atoms with Crippen molar-refractivity contribution in [3.05, 3.63) is 114 Å². The van der Waals surface area contributed by atoms with Gasteiger partial charge in [0.05, 0.1) is 21.8 Å². The topological polar surface area (TPSA) is 38.3 Å². The zero-order valence-electron chi connectivity index (χ0n) is 28.5. The summed E-state index contributed by atoms with van der Waals surface area (Å²) in [6, 6.07) is 35.4. The van der Waals surface area contributed by atoms with Gasteiger partial charge in [0, 0.05) is 27.4 Å². The van der Waals surface area contributed by atoms with Crippen LogP contribution in [0.5, 0.6) is 11.5 Å². The molecule has 4 saturated carbocycles. The first-order chi connectivity index (χ1) is 22.5. The van der Waals surface area contributed by atoms with Crippen molar-refractivity contribution in [3.8, 4) is 11.5 Å². The molecule has 47 heavy (non-hydrogen) atoms. The molecule has 4 bridgehead atoms. The Morgan fingerprint density at radius 2 is 1.23 bits per heavy atom. The van der Waals surface area contributed by atoms with E-state index >= 15 is 0 Å². The monoisotopic (exact) mass is 661 g/mol. The summed E-state index contributed by atoms with van der Waals surface area (Å²) in [4.78, 5) is 0. The van der Waals surface area contributed by atoms with Crippen molar-refractivity contribution in [2.24, 2.45) is 23.2 Å². The number of ether oxygens (including phenoxy) is 1. The standard InChI is InChI=1S/C42H48NO2PS/c1-40(2,3)47(44)43-39(42-25-28-22-29(26-42)24-30(23-28)27-42)33-18-12-19-34-37(33)45-38-35(41(34,4)5)20-13-21-36(38)46(31-14-8-6-9-15-31)32-16-10-7-11-17-32/h6-21,28-30,39,43H,22-27H2,1-5H3. The van der Waals surface area contributed by atoms with Crippen LogP contribution in [0.3, 0.4) is 0 Å². The van der Waals surface area contributed by atoms with Crippen LogP contribution in [0.2, 0.25) is 0 Å². The largest absolute Gasteiger partial charge is 0.456 e. The Balaban J connectivity index is 1.30. The van der Waals surface area contributed by atoms with E-state index in [4.69, 9.17) is 4.74 Å². The first kappa shape index (κ1) is 31.5. The van der Waals surface area contributed by atoms with Crippen molar-refractivity contribution in [2.75, 3.05) is 0 Å². The maximum Gasteiger partial charge on any atom is 0.139 e. The molecule has 0 aromatic heterocycles. The fourth-order valence-corrected chi connectivity index (χ4v) is 13.2. The summed E-state index contributed by atoms with van der Waals surface area (Å²) in [5.74, 6) is 4.35. The lowest BCUT2D eigenvalue weighted by molar-refractivity contribution is -0.0709. The Kier molecular flexibility index (Phi) is 7.82. The van der Waals surface area contributed by atoms with Gasteiger partial charge in [-0.2, -0.15) is 0 Å². The number of hydrogen-bond acceptors (Lipinski definition) is 2. The molecule has 9 rings (SSSR count). The predicted octanol–water partition coefficient (Wildman–Crippen LogP) is 9.19. The van der Waals surface area contributed by atoms with Crippen molar-refractivity contribution in [3.63, 3.8) is 0 Å². The van der Waals surface area contributed by atoms with Gasteiger partial charge in [-0.05, 0) is 101 Å². The quantitative estimate of drug-likeness (QED) is 0.201. The minimum atomic E-state index is -1.21. The highest BCUT2D eigenvalue weighted by Crippen LogP contribution is 2.65. The first-order valence-electron chi connectivity index (χ1n) is 17.6. The van der Waals surface area contributed by atoms with Crippen LogP contribution in [-0.2, 0) is 16.4 Å². The Bertz CT molecular complexity index is 1740. The van der Waals surface area contributed by atoms with Crippen molar-refractivity contribution in [2.45, 2.75) is 89.3 Å². The van der Waals surface area contributed by atoms with E-state index in [1.807, 2.05) is 0 Å². The van der Waals surface area contributed by atoms with Crippen molar-refractivity contribution >= 4 is 34.8 Å². The average Bonchev–Trinajstić information content (AvgIpc) is 3.04. The third-order valence-electron chi connectivity index (χ3n) is 11.7. The highest BCUT2D eigenvalue weighted by atomic mass is 32.2. The number of benzene rings is 4. The molecule has 4 aromatic carbocycles. The van der Waals surface area contributed by atoms with Crippen LogP contribution in [0.25, 0.3) is 0 Å². The van der Waals surface area contributed by atoms with E-state index < -0.39 is 18.9 Å². The molecule has 3 nitrogen and oxygen atoms in total. The van der Waals surface area contributed by atoms with E-state index in [9.17, 15) is 4.21 Å². The van der Waals surface area contributed by atoms with Crippen LogP contribution in [-0.4, -0.2) is 8.96 Å². The summed E-state index contributed by atoms with van der Waals surface area (Å²) < 4.78 is 24.9.